The highest BCUT2D eigenvalue weighted by Gasteiger charge is 2.41. The lowest BCUT2D eigenvalue weighted by Crippen LogP contribution is -2.15. The standard InChI is InChI=1S/C21H21S.C20H19S.C19H13OS.C19H17OS.C19H15S.C18H13OS.C18H13S/c1-17(2)18-13-15-21(16-14-18)22(19-9-5-3-6-10-19)20-11-7-4-8-12-20;1-2-17-13-15-20(16-14-17)21(18-9-5-3-6-10-18)19-11-7-4-8-12-19;20-19-15-10-4-6-12-17(15)21(14-8-2-1-3-9-14)18-13-7-5-11-16(18)19;1-20-16-12-14-19(15-13-16)21(17-8-4-2-5-9-17)18-10-6-3-7-11-18;1-2-10-17(11-3-1)20-18-12-6-4-8-15(18)14-16-9-5-7-13-19(16)20;1-2-8-14(9-3-1)20-17-12-6-4-10-15(17)19-16-11-5-7-13-18(16)20;1-2-8-14(9-3-1)19-17-12-6-4-10-15(17)16-11-5-7-13-18(16)19/h3-17H,1-2H3;3-16H,2H2,1H3;1-13H;2-15H,1H3;1-13H,14H2;1-13H;1-13H/q7*+1. The van der Waals surface area contributed by atoms with Crippen molar-refractivity contribution in [1.82, 2.24) is 0 Å². The molecule has 23 aromatic rings. The first kappa shape index (κ1) is 97.9. The molecule has 0 N–H and O–H groups in total. The third-order valence-corrected chi connectivity index (χ3v) is 40.8. The highest BCUT2D eigenvalue weighted by molar-refractivity contribution is 7.98. The maximum absolute atomic E-state index is 12.7. The summed E-state index contributed by atoms with van der Waals surface area (Å²) in [6.45, 7) is 6.68. The van der Waals surface area contributed by atoms with Gasteiger partial charge >= 0.3 is 0 Å². The van der Waals surface area contributed by atoms with Crippen molar-refractivity contribution in [3.05, 3.63) is 603 Å². The van der Waals surface area contributed by atoms with Crippen LogP contribution >= 0.6 is 20.9 Å². The van der Waals surface area contributed by atoms with Crippen molar-refractivity contribution in [2.24, 2.45) is 0 Å². The van der Waals surface area contributed by atoms with Crippen LogP contribution in [0.4, 0.5) is 0 Å². The monoisotopic (exact) mass is 1990 g/mol. The van der Waals surface area contributed by atoms with Gasteiger partial charge in [0.15, 0.2) is 104 Å². The Kier molecular flexibility index (Phi) is 33.1. The van der Waals surface area contributed by atoms with Crippen molar-refractivity contribution in [2.75, 3.05) is 7.11 Å². The number of aryl methyl sites for hydroxylation is 1. The molecule has 21 aromatic carbocycles. The average Bonchev–Trinajstić information content (AvgIpc) is 1.65. The van der Waals surface area contributed by atoms with Gasteiger partial charge in [-0.05, 0) is 278 Å². The molecule has 0 atom stereocenters. The Hall–Kier alpha value is -14.9. The quantitative estimate of drug-likeness (QED) is 0.0714. The van der Waals surface area contributed by atoms with Crippen molar-refractivity contribution in [1.29, 1.82) is 0 Å². The molecule has 4 heterocycles. The van der Waals surface area contributed by atoms with Crippen molar-refractivity contribution < 1.29 is 9.47 Å². The number of thiophene rings is 1. The highest BCUT2D eigenvalue weighted by Crippen LogP contribution is 2.51. The van der Waals surface area contributed by atoms with Gasteiger partial charge in [0.1, 0.15) is 16.6 Å². The fourth-order valence-corrected chi connectivity index (χ4v) is 33.5. The summed E-state index contributed by atoms with van der Waals surface area (Å²) in [5.41, 5.74) is 5.87. The molecule has 700 valence electrons. The lowest BCUT2D eigenvalue weighted by molar-refractivity contribution is 0.414. The van der Waals surface area contributed by atoms with Gasteiger partial charge < -0.3 is 9.47 Å². The van der Waals surface area contributed by atoms with Crippen LogP contribution in [0.15, 0.2) is 648 Å². The van der Waals surface area contributed by atoms with E-state index in [-0.39, 0.29) is 80.8 Å². The van der Waals surface area contributed by atoms with Crippen LogP contribution in [0.2, 0.25) is 0 Å². The van der Waals surface area contributed by atoms with Crippen molar-refractivity contribution in [3.63, 3.8) is 0 Å². The average molecular weight is 1990 g/mol. The van der Waals surface area contributed by atoms with Crippen LogP contribution in [-0.2, 0) is 67.3 Å². The zero-order valence-corrected chi connectivity index (χ0v) is 86.6. The second-order valence-corrected chi connectivity index (χ2v) is 48.3. The summed E-state index contributed by atoms with van der Waals surface area (Å²) in [4.78, 5) is 35.8. The first-order valence-corrected chi connectivity index (χ1v) is 57.2. The molecule has 0 aliphatic carbocycles. The normalized spacial score (nSPS) is 11.6. The Bertz CT molecular complexity index is 7530. The number of benzene rings is 21. The first-order valence-electron chi connectivity index (χ1n) is 48.7. The second-order valence-electron chi connectivity index (χ2n) is 34.4. The van der Waals surface area contributed by atoms with Crippen LogP contribution in [0.3, 0.4) is 0 Å². The van der Waals surface area contributed by atoms with Gasteiger partial charge in [-0.25, -0.2) is 0 Å². The zero-order chi connectivity index (χ0) is 98.0. The molecule has 0 spiro atoms. The largest absolute Gasteiger partial charge is 0.497 e. The summed E-state index contributed by atoms with van der Waals surface area (Å²) in [5, 5.41) is 4.46. The highest BCUT2D eigenvalue weighted by atomic mass is 32.2. The summed E-state index contributed by atoms with van der Waals surface area (Å²) >= 11 is 0. The van der Waals surface area contributed by atoms with Gasteiger partial charge in [0.2, 0.25) is 15.2 Å². The fraction of sp³-hybridized carbons (Fsp3) is 0.0522. The third-order valence-electron chi connectivity index (χ3n) is 24.8. The van der Waals surface area contributed by atoms with E-state index in [0.29, 0.717) is 5.92 Å². The van der Waals surface area contributed by atoms with Crippen molar-refractivity contribution >= 4 is 116 Å². The van der Waals surface area contributed by atoms with E-state index in [1.54, 1.807) is 7.11 Å². The summed E-state index contributed by atoms with van der Waals surface area (Å²) < 4.78 is 16.5. The second kappa shape index (κ2) is 48.7. The molecule has 0 radical (unpaired) electrons. The van der Waals surface area contributed by atoms with Gasteiger partial charge in [0.05, 0.1) is 61.5 Å². The molecule has 0 unspecified atom stereocenters. The molecule has 0 saturated heterocycles. The van der Waals surface area contributed by atoms with Crippen LogP contribution in [-0.4, -0.2) is 7.11 Å². The van der Waals surface area contributed by atoms with E-state index in [9.17, 15) is 4.79 Å². The lowest BCUT2D eigenvalue weighted by Gasteiger charge is -2.19. The Balaban J connectivity index is 0.000000106. The molecule has 2 aromatic heterocycles. The van der Waals surface area contributed by atoms with Gasteiger partial charge in [-0.1, -0.05) is 336 Å². The summed E-state index contributed by atoms with van der Waals surface area (Å²) in [6, 6.07) is 202. The fourth-order valence-electron chi connectivity index (χ4n) is 17.8. The first-order chi connectivity index (χ1) is 71.2. The van der Waals surface area contributed by atoms with Crippen LogP contribution in [0.25, 0.3) is 50.1 Å². The molecule has 0 amide bonds. The number of hydrogen-bond donors (Lipinski definition) is 0. The molecule has 0 fully saturated rings. The minimum atomic E-state index is -0.199. The number of fused-ring (bicyclic) bond motifs is 9. The smallest absolute Gasteiger partial charge is 0.209 e. The van der Waals surface area contributed by atoms with Gasteiger partial charge in [0.25, 0.3) is 0 Å². The number of rotatable bonds is 16. The maximum Gasteiger partial charge on any atom is 0.209 e. The minimum Gasteiger partial charge on any atom is -0.497 e. The van der Waals surface area contributed by atoms with Crippen LogP contribution < -0.4 is 14.9 Å². The lowest BCUT2D eigenvalue weighted by atomic mass is 10.0. The molecule has 2 aliphatic heterocycles. The van der Waals surface area contributed by atoms with Crippen LogP contribution in [0.1, 0.15) is 48.9 Å². The van der Waals surface area contributed by atoms with E-state index in [1.807, 2.05) is 78.9 Å². The van der Waals surface area contributed by atoms with Crippen LogP contribution in [0, 0.1) is 0 Å². The number of methoxy groups -OCH3 is 1. The van der Waals surface area contributed by atoms with Gasteiger partial charge in [0, 0.05) is 49.3 Å². The van der Waals surface area contributed by atoms with E-state index in [4.69, 9.17) is 9.47 Å². The molecule has 144 heavy (non-hydrogen) atoms. The topological polar surface area (TPSA) is 35.5 Å². The molecule has 10 heteroatoms. The molecule has 2 aliphatic rings. The molecule has 0 bridgehead atoms. The SMILES string of the molecule is CC(C)c1ccc([S+](c2ccccc2)c2ccccc2)cc1.CCc1ccc([S+](c2ccccc2)c2ccccc2)cc1.COc1ccc([S+](c2ccccc2)c2ccccc2)cc1.O=c1c2ccccc2[s+](-c2ccccc2)c2ccccc12.c1ccc(-[s+]2c3ccccc3c3ccccc32)cc1.c1ccc([S+]2c3ccccc3Cc3ccccc32)cc1.c1ccc([S+]2c3ccccc3Oc3ccccc32)cc1. The Morgan fingerprint density at radius 1 is 0.250 bits per heavy atom. The Morgan fingerprint density at radius 2 is 0.493 bits per heavy atom. The van der Waals surface area contributed by atoms with E-state index in [1.165, 1.54) is 126 Å². The van der Waals surface area contributed by atoms with E-state index >= 15 is 0 Å². The van der Waals surface area contributed by atoms with Crippen LogP contribution in [0.5, 0.6) is 17.2 Å². The number of hydrogen-bond acceptors (Lipinski definition) is 3. The summed E-state index contributed by atoms with van der Waals surface area (Å²) in [5.74, 6) is 3.41. The molecule has 0 saturated carbocycles. The van der Waals surface area contributed by atoms with Gasteiger partial charge in [-0.3, -0.25) is 4.79 Å². The number of ether oxygens (including phenoxy) is 2. The molecular weight excluding hydrogens is 1880 g/mol. The van der Waals surface area contributed by atoms with E-state index < -0.39 is 0 Å². The molecular formula is C134H111O3S7+7. The van der Waals surface area contributed by atoms with Gasteiger partial charge in [-0.2, -0.15) is 0 Å². The maximum atomic E-state index is 12.7. The minimum absolute atomic E-state index is 0.0249. The Labute approximate surface area is 867 Å². The zero-order valence-electron chi connectivity index (χ0n) is 80.8. The molecule has 25 rings (SSSR count). The predicted octanol–water partition coefficient (Wildman–Crippen LogP) is 36.4. The van der Waals surface area contributed by atoms with Crippen molar-refractivity contribution in [3.8, 4) is 27.0 Å². The Morgan fingerprint density at radius 3 is 0.812 bits per heavy atom. The van der Waals surface area contributed by atoms with E-state index in [2.05, 4.69) is 512 Å². The van der Waals surface area contributed by atoms with Crippen molar-refractivity contribution in [2.45, 2.75) is 113 Å². The summed E-state index contributed by atoms with van der Waals surface area (Å²) in [7, 11) is 1.38. The predicted molar refractivity (Wildman–Crippen MR) is 617 cm³/mol. The third kappa shape index (κ3) is 23.2. The number of para-hydroxylation sites is 2. The van der Waals surface area contributed by atoms with E-state index in [0.717, 1.165) is 50.3 Å². The molecule has 3 nitrogen and oxygen atoms in total. The summed E-state index contributed by atoms with van der Waals surface area (Å²) in [6.07, 6.45) is 2.15. The van der Waals surface area contributed by atoms with Gasteiger partial charge in [-0.15, -0.1) is 0 Å².